The third-order valence-electron chi connectivity index (χ3n) is 4.88. The Kier molecular flexibility index (Phi) is 7.14. The van der Waals surface area contributed by atoms with E-state index in [1.54, 1.807) is 11.9 Å². The van der Waals surface area contributed by atoms with E-state index < -0.39 is 0 Å². The average molecular weight is 365 g/mol. The van der Waals surface area contributed by atoms with Crippen LogP contribution in [-0.4, -0.2) is 64.5 Å². The quantitative estimate of drug-likeness (QED) is 0.745. The highest BCUT2D eigenvalue weighted by Crippen LogP contribution is 2.24. The summed E-state index contributed by atoms with van der Waals surface area (Å²) in [5.74, 6) is 1.66. The van der Waals surface area contributed by atoms with Gasteiger partial charge in [0, 0.05) is 45.4 Å². The molecule has 0 aliphatic carbocycles. The van der Waals surface area contributed by atoms with Gasteiger partial charge in [-0.15, -0.1) is 0 Å². The highest BCUT2D eigenvalue weighted by molar-refractivity contribution is 5.76. The molecule has 0 spiro atoms. The number of aromatic nitrogens is 2. The van der Waals surface area contributed by atoms with E-state index in [1.165, 1.54) is 6.92 Å². The topological polar surface area (TPSA) is 91.6 Å². The second kappa shape index (κ2) is 9.12. The SMILES string of the molecule is CC(=O)NC[C@H]1CC[C@@H](CC(=O)N(C)Cc2nc(CC(C)C)no2)N1C. The Morgan fingerprint density at radius 2 is 2.04 bits per heavy atom. The molecule has 1 N–H and O–H groups in total. The minimum Gasteiger partial charge on any atom is -0.355 e. The monoisotopic (exact) mass is 365 g/mol. The van der Waals surface area contributed by atoms with Crippen molar-refractivity contribution in [1.82, 2.24) is 25.3 Å². The molecular weight excluding hydrogens is 334 g/mol. The second-order valence-corrected chi connectivity index (χ2v) is 7.64. The summed E-state index contributed by atoms with van der Waals surface area (Å²) in [5, 5.41) is 6.82. The van der Waals surface area contributed by atoms with Crippen molar-refractivity contribution in [1.29, 1.82) is 0 Å². The van der Waals surface area contributed by atoms with Crippen molar-refractivity contribution in [3.05, 3.63) is 11.7 Å². The molecule has 0 radical (unpaired) electrons. The molecule has 2 rings (SSSR count). The van der Waals surface area contributed by atoms with Crippen LogP contribution in [-0.2, 0) is 22.6 Å². The van der Waals surface area contributed by atoms with Crippen LogP contribution in [0.1, 0.15) is 51.7 Å². The second-order valence-electron chi connectivity index (χ2n) is 7.64. The van der Waals surface area contributed by atoms with Crippen molar-refractivity contribution in [3.63, 3.8) is 0 Å². The third-order valence-corrected chi connectivity index (χ3v) is 4.88. The van der Waals surface area contributed by atoms with Crippen LogP contribution in [0.4, 0.5) is 0 Å². The number of hydrogen-bond donors (Lipinski definition) is 1. The smallest absolute Gasteiger partial charge is 0.246 e. The zero-order valence-corrected chi connectivity index (χ0v) is 16.5. The van der Waals surface area contributed by atoms with Gasteiger partial charge in [0.05, 0.1) is 6.54 Å². The fraction of sp³-hybridized carbons (Fsp3) is 0.778. The van der Waals surface area contributed by atoms with Gasteiger partial charge in [-0.05, 0) is 25.8 Å². The normalized spacial score (nSPS) is 20.5. The van der Waals surface area contributed by atoms with Gasteiger partial charge in [0.15, 0.2) is 5.82 Å². The number of carbonyl (C=O) groups is 2. The maximum absolute atomic E-state index is 12.5. The van der Waals surface area contributed by atoms with Crippen molar-refractivity contribution in [3.8, 4) is 0 Å². The zero-order valence-electron chi connectivity index (χ0n) is 16.5. The van der Waals surface area contributed by atoms with Crippen LogP contribution in [0.3, 0.4) is 0 Å². The fourth-order valence-corrected chi connectivity index (χ4v) is 3.29. The van der Waals surface area contributed by atoms with E-state index in [2.05, 4.69) is 34.2 Å². The van der Waals surface area contributed by atoms with Gasteiger partial charge in [-0.2, -0.15) is 4.98 Å². The van der Waals surface area contributed by atoms with Crippen LogP contribution < -0.4 is 5.32 Å². The summed E-state index contributed by atoms with van der Waals surface area (Å²) >= 11 is 0. The summed E-state index contributed by atoms with van der Waals surface area (Å²) in [4.78, 5) is 31.8. The Labute approximate surface area is 155 Å². The molecule has 2 atom stereocenters. The third kappa shape index (κ3) is 5.79. The van der Waals surface area contributed by atoms with E-state index in [4.69, 9.17) is 4.52 Å². The lowest BCUT2D eigenvalue weighted by Gasteiger charge is -2.26. The van der Waals surface area contributed by atoms with Gasteiger partial charge < -0.3 is 14.7 Å². The van der Waals surface area contributed by atoms with Gasteiger partial charge in [0.1, 0.15) is 0 Å². The maximum Gasteiger partial charge on any atom is 0.246 e. The van der Waals surface area contributed by atoms with Gasteiger partial charge >= 0.3 is 0 Å². The summed E-state index contributed by atoms with van der Waals surface area (Å²) in [6, 6.07) is 0.486. The lowest BCUT2D eigenvalue weighted by molar-refractivity contribution is -0.132. The van der Waals surface area contributed by atoms with Crippen molar-refractivity contribution in [2.24, 2.45) is 5.92 Å². The predicted octanol–water partition coefficient (Wildman–Crippen LogP) is 1.22. The van der Waals surface area contributed by atoms with Crippen LogP contribution in [0.15, 0.2) is 4.52 Å². The first-order valence-electron chi connectivity index (χ1n) is 9.28. The Hall–Kier alpha value is -1.96. The minimum absolute atomic E-state index is 0.0194. The van der Waals surface area contributed by atoms with Gasteiger partial charge in [0.25, 0.3) is 0 Å². The summed E-state index contributed by atoms with van der Waals surface area (Å²) in [5.41, 5.74) is 0. The molecule has 1 fully saturated rings. The molecule has 2 heterocycles. The molecule has 1 aliphatic rings. The van der Waals surface area contributed by atoms with Gasteiger partial charge in [-0.1, -0.05) is 19.0 Å². The lowest BCUT2D eigenvalue weighted by Crippen LogP contribution is -2.42. The summed E-state index contributed by atoms with van der Waals surface area (Å²) in [7, 11) is 3.78. The first kappa shape index (κ1) is 20.4. The molecule has 8 nitrogen and oxygen atoms in total. The number of nitrogens with one attached hydrogen (secondary N) is 1. The Bertz CT molecular complexity index is 616. The Morgan fingerprint density at radius 1 is 1.35 bits per heavy atom. The Morgan fingerprint density at radius 3 is 2.69 bits per heavy atom. The number of hydrogen-bond acceptors (Lipinski definition) is 6. The minimum atomic E-state index is -0.0194. The first-order valence-corrected chi connectivity index (χ1v) is 9.28. The van der Waals surface area contributed by atoms with E-state index >= 15 is 0 Å². The van der Waals surface area contributed by atoms with Crippen molar-refractivity contribution in [2.75, 3.05) is 20.6 Å². The fourth-order valence-electron chi connectivity index (χ4n) is 3.29. The van der Waals surface area contributed by atoms with Gasteiger partial charge in [0.2, 0.25) is 17.7 Å². The highest BCUT2D eigenvalue weighted by Gasteiger charge is 2.32. The van der Waals surface area contributed by atoms with Crippen LogP contribution in [0.2, 0.25) is 0 Å². The van der Waals surface area contributed by atoms with Crippen LogP contribution in [0.5, 0.6) is 0 Å². The van der Waals surface area contributed by atoms with Gasteiger partial charge in [-0.3, -0.25) is 14.5 Å². The van der Waals surface area contributed by atoms with Gasteiger partial charge in [-0.25, -0.2) is 0 Å². The molecule has 8 heteroatoms. The Balaban J connectivity index is 1.81. The summed E-state index contributed by atoms with van der Waals surface area (Å²) in [6.45, 7) is 6.68. The first-order chi connectivity index (χ1) is 12.3. The molecule has 2 amide bonds. The molecule has 1 aliphatic heterocycles. The van der Waals surface area contributed by atoms with E-state index in [0.717, 1.165) is 19.3 Å². The number of nitrogens with zero attached hydrogens (tertiary/aromatic N) is 4. The molecule has 0 aromatic carbocycles. The summed E-state index contributed by atoms with van der Waals surface area (Å²) < 4.78 is 5.24. The molecule has 0 saturated carbocycles. The molecule has 0 unspecified atom stereocenters. The van der Waals surface area contributed by atoms with E-state index in [1.807, 2.05) is 7.05 Å². The molecule has 0 bridgehead atoms. The number of rotatable bonds is 8. The molecule has 1 saturated heterocycles. The molecule has 26 heavy (non-hydrogen) atoms. The van der Waals surface area contributed by atoms with E-state index in [-0.39, 0.29) is 23.9 Å². The lowest BCUT2D eigenvalue weighted by atomic mass is 10.1. The molecule has 1 aromatic heterocycles. The van der Waals surface area contributed by atoms with Crippen molar-refractivity contribution >= 4 is 11.8 Å². The van der Waals surface area contributed by atoms with Crippen molar-refractivity contribution in [2.45, 2.75) is 65.1 Å². The van der Waals surface area contributed by atoms with Crippen LogP contribution >= 0.6 is 0 Å². The van der Waals surface area contributed by atoms with E-state index in [0.29, 0.717) is 37.1 Å². The number of amides is 2. The summed E-state index contributed by atoms with van der Waals surface area (Å²) in [6.07, 6.45) is 3.17. The average Bonchev–Trinajstić information content (AvgIpc) is 3.12. The zero-order chi connectivity index (χ0) is 19.3. The molecule has 146 valence electrons. The number of likely N-dealkylation sites (tertiary alicyclic amines) is 1. The molecule has 1 aromatic rings. The molecular formula is C18H31N5O3. The highest BCUT2D eigenvalue weighted by atomic mass is 16.5. The van der Waals surface area contributed by atoms with Crippen LogP contribution in [0, 0.1) is 5.92 Å². The maximum atomic E-state index is 12.5. The number of carbonyl (C=O) groups excluding carboxylic acids is 2. The predicted molar refractivity (Wildman–Crippen MR) is 97.2 cm³/mol. The van der Waals surface area contributed by atoms with Crippen LogP contribution in [0.25, 0.3) is 0 Å². The largest absolute Gasteiger partial charge is 0.355 e. The van der Waals surface area contributed by atoms with E-state index in [9.17, 15) is 9.59 Å². The number of likely N-dealkylation sites (N-methyl/N-ethyl adjacent to an activating group) is 1. The van der Waals surface area contributed by atoms with Crippen molar-refractivity contribution < 1.29 is 14.1 Å². The standard InChI is InChI=1S/C18H31N5O3/c1-12(2)8-16-20-17(26-21-16)11-22(4)18(25)9-14-6-7-15(23(14)5)10-19-13(3)24/h12,14-15H,6-11H2,1-5H3,(H,19,24)/t14-,15+/m0/s1.